The van der Waals surface area contributed by atoms with Crippen molar-refractivity contribution in [1.82, 2.24) is 5.32 Å². The lowest BCUT2D eigenvalue weighted by molar-refractivity contribution is 0.613. The van der Waals surface area contributed by atoms with Gasteiger partial charge in [0.2, 0.25) is 0 Å². The van der Waals surface area contributed by atoms with E-state index in [0.717, 1.165) is 12.1 Å². The molecule has 1 aromatic rings. The highest BCUT2D eigenvalue weighted by Gasteiger charge is 2.17. The number of hydrogen-bond donors (Lipinski definition) is 1. The first kappa shape index (κ1) is 6.80. The Hall–Kier alpha value is -0.890. The number of hydrogen-bond acceptors (Lipinski definition) is 1. The lowest BCUT2D eigenvalue weighted by atomic mass is 10.1. The van der Waals surface area contributed by atoms with E-state index in [4.69, 9.17) is 0 Å². The zero-order valence-electron chi connectivity index (χ0n) is 6.39. The molecule has 1 N–H and O–H groups in total. The summed E-state index contributed by atoms with van der Waals surface area (Å²) in [5, 5.41) is 3.25. The first-order valence-corrected chi connectivity index (χ1v) is 3.79. The minimum absolute atomic E-state index is 0.140. The SMILES string of the molecule is CC1NCc2ccc(F)cc21. The molecule has 1 atom stereocenters. The Balaban J connectivity index is 2.52. The van der Waals surface area contributed by atoms with Crippen LogP contribution in [0.3, 0.4) is 0 Å². The molecule has 0 aliphatic carbocycles. The topological polar surface area (TPSA) is 12.0 Å². The largest absolute Gasteiger partial charge is 0.306 e. The van der Waals surface area contributed by atoms with E-state index in [9.17, 15) is 4.39 Å². The molecule has 2 rings (SSSR count). The monoisotopic (exact) mass is 151 g/mol. The van der Waals surface area contributed by atoms with Crippen LogP contribution in [0.4, 0.5) is 4.39 Å². The van der Waals surface area contributed by atoms with E-state index in [0.29, 0.717) is 6.04 Å². The molecular formula is C9H10FN. The van der Waals surface area contributed by atoms with Crippen LogP contribution in [0.2, 0.25) is 0 Å². The van der Waals surface area contributed by atoms with Gasteiger partial charge in [0.25, 0.3) is 0 Å². The standard InChI is InChI=1S/C9H10FN/c1-6-9-4-8(10)3-2-7(9)5-11-6/h2-4,6,11H,5H2,1H3. The van der Waals surface area contributed by atoms with Crippen LogP contribution < -0.4 is 5.32 Å². The lowest BCUT2D eigenvalue weighted by Gasteiger charge is -2.02. The van der Waals surface area contributed by atoms with Gasteiger partial charge in [0.05, 0.1) is 0 Å². The molecule has 0 spiro atoms. The van der Waals surface area contributed by atoms with Crippen LogP contribution >= 0.6 is 0 Å². The van der Waals surface area contributed by atoms with E-state index in [-0.39, 0.29) is 5.82 Å². The molecule has 2 heteroatoms. The zero-order valence-corrected chi connectivity index (χ0v) is 6.39. The molecule has 0 saturated heterocycles. The minimum Gasteiger partial charge on any atom is -0.306 e. The molecule has 1 unspecified atom stereocenters. The maximum Gasteiger partial charge on any atom is 0.123 e. The van der Waals surface area contributed by atoms with Crippen LogP contribution in [0.1, 0.15) is 24.1 Å². The van der Waals surface area contributed by atoms with Gasteiger partial charge in [-0.15, -0.1) is 0 Å². The molecule has 1 aliphatic heterocycles. The Morgan fingerprint density at radius 2 is 2.36 bits per heavy atom. The Bertz CT molecular complexity index is 283. The van der Waals surface area contributed by atoms with E-state index < -0.39 is 0 Å². The average Bonchev–Trinajstić information content (AvgIpc) is 2.33. The van der Waals surface area contributed by atoms with Crippen molar-refractivity contribution < 1.29 is 4.39 Å². The maximum absolute atomic E-state index is 12.7. The van der Waals surface area contributed by atoms with Gasteiger partial charge in [0.1, 0.15) is 5.82 Å². The van der Waals surface area contributed by atoms with Gasteiger partial charge in [-0.05, 0) is 30.2 Å². The minimum atomic E-state index is -0.140. The van der Waals surface area contributed by atoms with Crippen molar-refractivity contribution in [1.29, 1.82) is 0 Å². The molecular weight excluding hydrogens is 141 g/mol. The lowest BCUT2D eigenvalue weighted by Crippen LogP contribution is -2.06. The smallest absolute Gasteiger partial charge is 0.123 e. The van der Waals surface area contributed by atoms with Crippen molar-refractivity contribution in [2.24, 2.45) is 0 Å². The Labute approximate surface area is 65.2 Å². The van der Waals surface area contributed by atoms with Gasteiger partial charge in [0.15, 0.2) is 0 Å². The highest BCUT2D eigenvalue weighted by molar-refractivity contribution is 5.33. The van der Waals surface area contributed by atoms with Crippen molar-refractivity contribution >= 4 is 0 Å². The molecule has 0 radical (unpaired) electrons. The van der Waals surface area contributed by atoms with Crippen molar-refractivity contribution in [2.75, 3.05) is 0 Å². The van der Waals surface area contributed by atoms with Gasteiger partial charge in [-0.2, -0.15) is 0 Å². The molecule has 58 valence electrons. The zero-order chi connectivity index (χ0) is 7.84. The number of fused-ring (bicyclic) bond motifs is 1. The molecule has 1 aromatic carbocycles. The molecule has 1 heterocycles. The van der Waals surface area contributed by atoms with Gasteiger partial charge in [-0.3, -0.25) is 0 Å². The third-order valence-corrected chi connectivity index (χ3v) is 2.17. The Kier molecular flexibility index (Phi) is 1.43. The third kappa shape index (κ3) is 1.03. The molecule has 0 saturated carbocycles. The molecule has 0 bridgehead atoms. The average molecular weight is 151 g/mol. The van der Waals surface area contributed by atoms with Crippen molar-refractivity contribution in [3.05, 3.63) is 35.1 Å². The second-order valence-electron chi connectivity index (χ2n) is 2.95. The summed E-state index contributed by atoms with van der Waals surface area (Å²) in [7, 11) is 0. The molecule has 11 heavy (non-hydrogen) atoms. The summed E-state index contributed by atoms with van der Waals surface area (Å²) < 4.78 is 12.7. The van der Waals surface area contributed by atoms with Crippen LogP contribution in [0.5, 0.6) is 0 Å². The number of nitrogens with one attached hydrogen (secondary N) is 1. The van der Waals surface area contributed by atoms with Crippen molar-refractivity contribution in [2.45, 2.75) is 19.5 Å². The second kappa shape index (κ2) is 2.31. The van der Waals surface area contributed by atoms with E-state index in [1.54, 1.807) is 6.07 Å². The highest BCUT2D eigenvalue weighted by atomic mass is 19.1. The van der Waals surface area contributed by atoms with E-state index in [1.807, 2.05) is 13.0 Å². The Morgan fingerprint density at radius 1 is 1.55 bits per heavy atom. The van der Waals surface area contributed by atoms with Gasteiger partial charge in [0, 0.05) is 12.6 Å². The maximum atomic E-state index is 12.7. The van der Waals surface area contributed by atoms with Crippen LogP contribution in [0.15, 0.2) is 18.2 Å². The summed E-state index contributed by atoms with van der Waals surface area (Å²) in [6.07, 6.45) is 0. The fraction of sp³-hybridized carbons (Fsp3) is 0.333. The first-order chi connectivity index (χ1) is 5.27. The summed E-state index contributed by atoms with van der Waals surface area (Å²) in [5.74, 6) is -0.140. The van der Waals surface area contributed by atoms with Crippen LogP contribution in [-0.2, 0) is 6.54 Å². The number of rotatable bonds is 0. The van der Waals surface area contributed by atoms with Gasteiger partial charge in [-0.25, -0.2) is 4.39 Å². The van der Waals surface area contributed by atoms with Gasteiger partial charge in [-0.1, -0.05) is 6.07 Å². The predicted molar refractivity (Wildman–Crippen MR) is 41.7 cm³/mol. The predicted octanol–water partition coefficient (Wildman–Crippen LogP) is 1.99. The molecule has 0 fully saturated rings. The third-order valence-electron chi connectivity index (χ3n) is 2.17. The van der Waals surface area contributed by atoms with Crippen molar-refractivity contribution in [3.8, 4) is 0 Å². The second-order valence-corrected chi connectivity index (χ2v) is 2.95. The van der Waals surface area contributed by atoms with Crippen LogP contribution in [0, 0.1) is 5.82 Å². The summed E-state index contributed by atoms with van der Waals surface area (Å²) in [4.78, 5) is 0. The van der Waals surface area contributed by atoms with Gasteiger partial charge >= 0.3 is 0 Å². The molecule has 0 amide bonds. The number of halogens is 1. The fourth-order valence-electron chi connectivity index (χ4n) is 1.50. The summed E-state index contributed by atoms with van der Waals surface area (Å²) in [6.45, 7) is 2.92. The van der Waals surface area contributed by atoms with Crippen LogP contribution in [0.25, 0.3) is 0 Å². The van der Waals surface area contributed by atoms with E-state index in [2.05, 4.69) is 5.32 Å². The quantitative estimate of drug-likeness (QED) is 0.598. The fourth-order valence-corrected chi connectivity index (χ4v) is 1.50. The van der Waals surface area contributed by atoms with E-state index in [1.165, 1.54) is 11.6 Å². The summed E-state index contributed by atoms with van der Waals surface area (Å²) >= 11 is 0. The normalized spacial score (nSPS) is 21.8. The van der Waals surface area contributed by atoms with Crippen molar-refractivity contribution in [3.63, 3.8) is 0 Å². The molecule has 1 aliphatic rings. The highest BCUT2D eigenvalue weighted by Crippen LogP contribution is 2.24. The molecule has 0 aromatic heterocycles. The number of benzene rings is 1. The Morgan fingerprint density at radius 3 is 3.18 bits per heavy atom. The summed E-state index contributed by atoms with van der Waals surface area (Å²) in [5.41, 5.74) is 2.32. The molecule has 1 nitrogen and oxygen atoms in total. The first-order valence-electron chi connectivity index (χ1n) is 3.79. The van der Waals surface area contributed by atoms with Gasteiger partial charge < -0.3 is 5.32 Å². The van der Waals surface area contributed by atoms with Crippen LogP contribution in [-0.4, -0.2) is 0 Å². The summed E-state index contributed by atoms with van der Waals surface area (Å²) in [6, 6.07) is 5.28. The van der Waals surface area contributed by atoms with E-state index >= 15 is 0 Å².